The number of barbiturate groups is 1. The number of methoxy groups -OCH3 is 4. The second kappa shape index (κ2) is 38.6. The second-order valence-electron chi connectivity index (χ2n) is 16.5. The van der Waals surface area contributed by atoms with Crippen molar-refractivity contribution in [2.75, 3.05) is 82.8 Å². The molecule has 0 spiro atoms. The number of nitrogens with two attached hydrogens (primary N) is 1. The maximum absolute atomic E-state index is 11.9. The summed E-state index contributed by atoms with van der Waals surface area (Å²) in [6.45, 7) is 5.71. The molecule has 82 heavy (non-hydrogen) atoms. The Morgan fingerprint density at radius 3 is 1.72 bits per heavy atom. The van der Waals surface area contributed by atoms with E-state index in [1.807, 2.05) is 48.4 Å². The number of rotatable bonds is 11. The third-order valence-corrected chi connectivity index (χ3v) is 12.5. The lowest BCUT2D eigenvalue weighted by molar-refractivity contribution is -0.678. The molecule has 2 aliphatic heterocycles. The van der Waals surface area contributed by atoms with Crippen molar-refractivity contribution in [2.45, 2.75) is 30.6 Å². The predicted octanol–water partition coefficient (Wildman–Crippen LogP) is 7.45. The number of aryl methyl sites for hydroxylation is 2. The van der Waals surface area contributed by atoms with Crippen molar-refractivity contribution in [3.05, 3.63) is 145 Å². The van der Waals surface area contributed by atoms with E-state index < -0.39 is 35.2 Å². The number of likely N-dealkylation sites (N-methyl/N-ethyl adjacent to an activating group) is 2. The summed E-state index contributed by atoms with van der Waals surface area (Å²) in [4.78, 5) is 110. The van der Waals surface area contributed by atoms with Gasteiger partial charge < -0.3 is 39.4 Å². The number of carbonyl (C=O) groups excluding carboxylic acids is 8. The molecule has 0 bridgehead atoms. The number of urea groups is 1. The van der Waals surface area contributed by atoms with Crippen LogP contribution in [0.3, 0.4) is 0 Å². The van der Waals surface area contributed by atoms with Crippen molar-refractivity contribution in [2.24, 2.45) is 12.8 Å². The van der Waals surface area contributed by atoms with Gasteiger partial charge in [-0.1, -0.05) is 34.8 Å². The Bertz CT molecular complexity index is 2850. The van der Waals surface area contributed by atoms with Gasteiger partial charge in [-0.25, -0.2) is 43.5 Å². The zero-order valence-electron chi connectivity index (χ0n) is 46.0. The average molecular weight is 1300 g/mol. The molecular formula is C51H60Cl8N11O12+. The van der Waals surface area contributed by atoms with Crippen LogP contribution in [-0.4, -0.2) is 179 Å². The van der Waals surface area contributed by atoms with Crippen LogP contribution >= 0.6 is 93.2 Å². The van der Waals surface area contributed by atoms with E-state index in [0.717, 1.165) is 43.1 Å². The molecule has 7 rings (SSSR count). The third kappa shape index (κ3) is 24.0. The largest absolute Gasteiger partial charge is 0.465 e. The number of ether oxygens (including phenoxy) is 4. The van der Waals surface area contributed by atoms with E-state index in [1.165, 1.54) is 40.7 Å². The number of esters is 4. The number of nitrogens with zero attached hydrogens (tertiary/aromatic N) is 10. The van der Waals surface area contributed by atoms with E-state index in [4.69, 9.17) is 98.9 Å². The fourth-order valence-corrected chi connectivity index (χ4v) is 7.73. The molecule has 23 nitrogen and oxygen atoms in total. The molecule has 0 unspecified atom stereocenters. The van der Waals surface area contributed by atoms with Crippen LogP contribution in [0.15, 0.2) is 79.4 Å². The molecule has 0 radical (unpaired) electrons. The monoisotopic (exact) mass is 1300 g/mol. The van der Waals surface area contributed by atoms with Gasteiger partial charge in [0.1, 0.15) is 34.0 Å². The van der Waals surface area contributed by atoms with Crippen LogP contribution in [-0.2, 0) is 53.9 Å². The van der Waals surface area contributed by atoms with Crippen LogP contribution in [0, 0.1) is 6.92 Å². The van der Waals surface area contributed by atoms with Crippen LogP contribution in [0.25, 0.3) is 0 Å². The molecule has 0 aliphatic carbocycles. The summed E-state index contributed by atoms with van der Waals surface area (Å²) in [5, 5.41) is -0.610. The topological polar surface area (TPSA) is 271 Å². The van der Waals surface area contributed by atoms with Crippen LogP contribution in [0.4, 0.5) is 4.79 Å². The van der Waals surface area contributed by atoms with Gasteiger partial charge in [0.2, 0.25) is 5.69 Å². The number of hydrogen-bond donors (Lipinski definition) is 1. The Hall–Kier alpha value is -6.09. The Morgan fingerprint density at radius 1 is 0.695 bits per heavy atom. The van der Waals surface area contributed by atoms with Gasteiger partial charge in [0.15, 0.2) is 11.6 Å². The number of alkyl halides is 3. The smallest absolute Gasteiger partial charge is 0.363 e. The van der Waals surface area contributed by atoms with Gasteiger partial charge in [-0.15, -0.1) is 34.8 Å². The summed E-state index contributed by atoms with van der Waals surface area (Å²) in [6.07, 6.45) is 6.55. The van der Waals surface area contributed by atoms with Gasteiger partial charge in [-0.05, 0) is 89.2 Å². The highest BCUT2D eigenvalue weighted by Crippen LogP contribution is 2.23. The molecule has 31 heteroatoms. The summed E-state index contributed by atoms with van der Waals surface area (Å²) in [5.41, 5.74) is 10.4. The van der Waals surface area contributed by atoms with Gasteiger partial charge in [0, 0.05) is 74.4 Å². The van der Waals surface area contributed by atoms with Crippen molar-refractivity contribution in [3.8, 4) is 0 Å². The summed E-state index contributed by atoms with van der Waals surface area (Å²) in [7, 11) is 15.1. The van der Waals surface area contributed by atoms with Crippen LogP contribution in [0.1, 0.15) is 74.4 Å². The minimum atomic E-state index is -1.53. The first-order valence-corrected chi connectivity index (χ1v) is 26.7. The van der Waals surface area contributed by atoms with Crippen LogP contribution < -0.4 is 10.3 Å². The summed E-state index contributed by atoms with van der Waals surface area (Å²) < 4.78 is 20.3. The minimum Gasteiger partial charge on any atom is -0.465 e. The number of imide groups is 2. The zero-order chi connectivity index (χ0) is 62.4. The lowest BCUT2D eigenvalue weighted by Crippen LogP contribution is -2.53. The number of fused-ring (bicyclic) bond motifs is 1. The number of halogens is 8. The van der Waals surface area contributed by atoms with E-state index in [2.05, 4.69) is 48.7 Å². The van der Waals surface area contributed by atoms with Gasteiger partial charge in [-0.2, -0.15) is 8.84 Å². The van der Waals surface area contributed by atoms with Gasteiger partial charge >= 0.3 is 29.9 Å². The van der Waals surface area contributed by atoms with Crippen molar-refractivity contribution in [3.63, 3.8) is 0 Å². The SMILES string of the molecule is CN(C)CCN.CN(C)CCN1Cc2nc(Cl)ccc2C1=O.COC(=O)c1ccc(Cl)nc1CCl.COC(=O)c1ccc[n+](C)c1CCl.COC(=O)c1cccnc1Cl.COC(=O)c1ccncc1C.O=C1C(Cl)C(=O)N(Cl)C(=O)N1Cl. The number of pyridine rings is 5. The standard InChI is InChI=1S/C11H14ClN3O.C9H11ClNO2.C8H7Cl2NO2.C8H9NO2.C7H6ClNO2.C4HCl3N2O3.C4H12N2/c1-14(2)5-6-15-7-9-8(11(15)16)3-4-10(12)13-9;1-11-5-3-4-7(8(11)6-10)9(12)13-2;1-13-8(12)5-2-3-7(10)11-6(5)4-9;1-6-5-9-4-3-7(6)8(10)11-2;1-11-7(10)5-3-2-4-9-6(5)8;5-1-2(10)8(6)4(12)9(7)3(1)11;1-6(2)4-3-5/h3-4H,5-7H2,1-2H3;3-5H,6H2,1-2H3;2-3H,4H2,1H3;3-5H,1-2H3;2-4H,1H3;1H;3-5H2,1-2H3/q;+1;;;;;. The Morgan fingerprint density at radius 2 is 1.22 bits per heavy atom. The predicted molar refractivity (Wildman–Crippen MR) is 310 cm³/mol. The van der Waals surface area contributed by atoms with E-state index in [1.54, 1.807) is 70.4 Å². The van der Waals surface area contributed by atoms with E-state index in [9.17, 15) is 38.4 Å². The number of amides is 5. The Kier molecular flexibility index (Phi) is 34.8. The van der Waals surface area contributed by atoms with Crippen molar-refractivity contribution < 1.29 is 61.9 Å². The summed E-state index contributed by atoms with van der Waals surface area (Å²) >= 11 is 43.8. The van der Waals surface area contributed by atoms with E-state index in [0.29, 0.717) is 50.7 Å². The van der Waals surface area contributed by atoms with E-state index >= 15 is 0 Å². The first-order chi connectivity index (χ1) is 38.7. The molecule has 0 aromatic carbocycles. The van der Waals surface area contributed by atoms with E-state index in [-0.39, 0.29) is 43.3 Å². The van der Waals surface area contributed by atoms with Crippen LogP contribution in [0.5, 0.6) is 0 Å². The molecule has 7 heterocycles. The third-order valence-electron chi connectivity index (χ3n) is 10.3. The first kappa shape index (κ1) is 73.9. The highest BCUT2D eigenvalue weighted by Gasteiger charge is 2.44. The molecule has 1 saturated heterocycles. The summed E-state index contributed by atoms with van der Waals surface area (Å²) in [5.74, 6) is -3.11. The maximum Gasteiger partial charge on any atom is 0.363 e. The van der Waals surface area contributed by atoms with Crippen molar-refractivity contribution >= 4 is 141 Å². The molecule has 5 aromatic rings. The molecule has 0 atom stereocenters. The van der Waals surface area contributed by atoms with Gasteiger partial charge in [0.25, 0.3) is 17.7 Å². The molecule has 5 amide bonds. The fraction of sp³-hybridized carbons (Fsp3) is 0.353. The van der Waals surface area contributed by atoms with Crippen LogP contribution in [0.2, 0.25) is 15.5 Å². The van der Waals surface area contributed by atoms with Gasteiger partial charge in [-0.3, -0.25) is 19.4 Å². The molecule has 5 aromatic heterocycles. The average Bonchev–Trinajstić information content (AvgIpc) is 4.00. The number of carbonyl (C=O) groups is 8. The van der Waals surface area contributed by atoms with Crippen molar-refractivity contribution in [1.29, 1.82) is 0 Å². The fourth-order valence-electron chi connectivity index (χ4n) is 5.98. The molecule has 2 N–H and O–H groups in total. The zero-order valence-corrected chi connectivity index (χ0v) is 52.1. The lowest BCUT2D eigenvalue weighted by atomic mass is 10.2. The Labute approximate surface area is 514 Å². The highest BCUT2D eigenvalue weighted by atomic mass is 35.5. The second-order valence-corrected chi connectivity index (χ2v) is 19.3. The number of aromatic nitrogens is 5. The summed E-state index contributed by atoms with van der Waals surface area (Å²) in [6, 6.07) is 13.6. The molecule has 0 saturated carbocycles. The van der Waals surface area contributed by atoms with Crippen molar-refractivity contribution in [1.82, 2.24) is 43.5 Å². The highest BCUT2D eigenvalue weighted by molar-refractivity contribution is 6.53. The molecular weight excluding hydrogens is 1240 g/mol. The molecule has 1 fully saturated rings. The number of hydrogen-bond acceptors (Lipinski definition) is 19. The first-order valence-electron chi connectivity index (χ1n) is 23.4. The lowest BCUT2D eigenvalue weighted by Gasteiger charge is -2.25. The molecule has 446 valence electrons. The maximum atomic E-state index is 11.9. The quantitative estimate of drug-likeness (QED) is 0.0256. The normalized spacial score (nSPS) is 12.2. The van der Waals surface area contributed by atoms with Gasteiger partial charge in [0.05, 0.1) is 74.5 Å². The Balaban J connectivity index is 0.000000484. The molecule has 2 aliphatic rings. The minimum absolute atomic E-state index is 0.0565.